The van der Waals surface area contributed by atoms with Crippen LogP contribution in [0.15, 0.2) is 34.5 Å². The summed E-state index contributed by atoms with van der Waals surface area (Å²) in [5, 5.41) is 25.0. The number of β-lactam (4-membered cyclic amide) rings is 1. The third-order valence-corrected chi connectivity index (χ3v) is 6.03. The zero-order valence-corrected chi connectivity index (χ0v) is 16.7. The number of aromatic nitrogens is 1. The van der Waals surface area contributed by atoms with Crippen LogP contribution in [0.3, 0.4) is 0 Å². The maximum atomic E-state index is 12.7. The highest BCUT2D eigenvalue weighted by molar-refractivity contribution is 8.00. The standard InChI is InChI=1S/C16H15N5O7S2/c1-2-6-4-29-14-10(13(25)21(14)11(6)15(26)27)19-12(24)9(20-28-3-8(22)23)7-5-30-16(17)18-7/h2,5,10,14H,1,3-4H2,(H2,17,18)(H,19,24)(H,22,23)(H,26,27)/b20-9+/t10-,14-/m1/s1/i16+1,17+1,18+1. The Bertz CT molecular complexity index is 1000. The normalized spacial score (nSPS) is 20.9. The summed E-state index contributed by atoms with van der Waals surface area (Å²) in [6.07, 6.45) is 1.38. The number of nitrogen functional groups attached to an aromatic ring is 1. The molecular weight excluding hydrogens is 441 g/mol. The number of carboxylic acid groups (broad SMARTS) is 2. The molecule has 5 N–H and O–H groups in total. The van der Waals surface area contributed by atoms with Crippen molar-refractivity contribution < 1.29 is 34.2 Å². The number of anilines is 1. The number of thiazole rings is 1. The molecule has 0 aliphatic carbocycles. The molecule has 0 bridgehead atoms. The number of rotatable bonds is 8. The highest BCUT2D eigenvalue weighted by atomic mass is 32.2. The molecule has 0 aromatic carbocycles. The summed E-state index contributed by atoms with van der Waals surface area (Å²) in [6, 6.07) is -1.01. The molecule has 1 saturated heterocycles. The summed E-state index contributed by atoms with van der Waals surface area (Å²) in [5.41, 5.74) is 5.48. The predicted octanol–water partition coefficient (Wildman–Crippen LogP) is -0.545. The Kier molecular flexibility index (Phi) is 6.07. The molecule has 3 heterocycles. The Hall–Kier alpha value is -3.39. The summed E-state index contributed by atoms with van der Waals surface area (Å²) in [7, 11) is 0. The molecular formula is C16H15N5O7S2. The fourth-order valence-electron chi connectivity index (χ4n) is 2.76. The van der Waals surface area contributed by atoms with E-state index < -0.39 is 41.8 Å². The number of hydrogen-bond donors (Lipinski definition) is 4. The highest BCUT2D eigenvalue weighted by Crippen LogP contribution is 2.40. The lowest BCUT2D eigenvalue weighted by atomic mass is 10.0. The Balaban J connectivity index is 1.79. The molecule has 14 heteroatoms. The van der Waals surface area contributed by atoms with Crippen LogP contribution in [-0.4, -0.2) is 73.3 Å². The minimum Gasteiger partial charge on any atom is -0.479 e. The Labute approximate surface area is 177 Å². The van der Waals surface area contributed by atoms with E-state index in [1.807, 2.05) is 0 Å². The van der Waals surface area contributed by atoms with Gasteiger partial charge in [-0.05, 0) is 5.57 Å². The quantitative estimate of drug-likeness (QED) is 0.171. The molecule has 2 amide bonds. The lowest BCUT2D eigenvalue weighted by molar-refractivity contribution is -0.150. The number of nitrogens with two attached hydrogens (primary N) is 1. The number of fused-ring (bicyclic) bond motifs is 1. The van der Waals surface area contributed by atoms with Gasteiger partial charge in [-0.2, -0.15) is 0 Å². The van der Waals surface area contributed by atoms with Gasteiger partial charge in [0.25, 0.3) is 11.8 Å². The largest absolute Gasteiger partial charge is 0.479 e. The van der Waals surface area contributed by atoms with Gasteiger partial charge in [0.1, 0.15) is 22.8 Å². The summed E-state index contributed by atoms with van der Waals surface area (Å²) >= 11 is 2.30. The number of carbonyl (C=O) groups is 4. The fraction of sp³-hybridized carbons (Fsp3) is 0.250. The maximum absolute atomic E-state index is 12.7. The molecule has 1 aromatic heterocycles. The van der Waals surface area contributed by atoms with Crippen LogP contribution in [0, 0.1) is 0 Å². The fourth-order valence-corrected chi connectivity index (χ4v) is 4.65. The molecule has 2 aliphatic heterocycles. The zero-order valence-electron chi connectivity index (χ0n) is 15.1. The second-order valence-electron chi connectivity index (χ2n) is 5.92. The lowest BCUT2D eigenvalue weighted by Crippen LogP contribution is -2.71. The van der Waals surface area contributed by atoms with Crippen molar-refractivity contribution >= 4 is 57.7 Å². The molecule has 158 valence electrons. The topological polar surface area (TPSA) is 185 Å². The summed E-state index contributed by atoms with van der Waals surface area (Å²) in [6.45, 7) is 2.77. The molecule has 1 aromatic rings. The molecule has 3 rings (SSSR count). The van der Waals surface area contributed by atoms with Crippen molar-refractivity contribution in [1.82, 2.24) is 15.2 Å². The van der Waals surface area contributed by atoms with Gasteiger partial charge in [0.15, 0.2) is 10.8 Å². The zero-order chi connectivity index (χ0) is 22.0. The van der Waals surface area contributed by atoms with Crippen molar-refractivity contribution in [2.75, 3.05) is 18.1 Å². The van der Waals surface area contributed by atoms with Crippen LogP contribution < -0.4 is 11.1 Å². The van der Waals surface area contributed by atoms with Gasteiger partial charge in [0.05, 0.1) is 0 Å². The van der Waals surface area contributed by atoms with Crippen LogP contribution in [0.25, 0.3) is 0 Å². The number of carbonyl (C=O) groups excluding carboxylic acids is 2. The smallest absolute Gasteiger partial charge is 0.352 e. The first-order valence-corrected chi connectivity index (χ1v) is 10.1. The van der Waals surface area contributed by atoms with Crippen molar-refractivity contribution in [3.63, 3.8) is 0 Å². The van der Waals surface area contributed by atoms with Crippen LogP contribution in [-0.2, 0) is 24.0 Å². The van der Waals surface area contributed by atoms with E-state index in [0.29, 0.717) is 11.3 Å². The number of allylic oxidation sites excluding steroid dienone is 1. The van der Waals surface area contributed by atoms with E-state index >= 15 is 0 Å². The first-order chi connectivity index (χ1) is 14.2. The Morgan fingerprint density at radius 3 is 2.77 bits per heavy atom. The average molecular weight is 456 g/mol. The second kappa shape index (κ2) is 8.54. The summed E-state index contributed by atoms with van der Waals surface area (Å²) in [4.78, 5) is 57.1. The molecule has 0 radical (unpaired) electrons. The molecule has 1 fully saturated rings. The van der Waals surface area contributed by atoms with Gasteiger partial charge in [-0.3, -0.25) is 14.5 Å². The monoisotopic (exact) mass is 456 g/mol. The van der Waals surface area contributed by atoms with Gasteiger partial charge in [-0.25, -0.2) is 14.6 Å². The minimum atomic E-state index is -1.30. The molecule has 2 aliphatic rings. The van der Waals surface area contributed by atoms with Gasteiger partial charge in [0.2, 0.25) is 6.61 Å². The van der Waals surface area contributed by atoms with Crippen molar-refractivity contribution in [2.45, 2.75) is 11.4 Å². The predicted molar refractivity (Wildman–Crippen MR) is 107 cm³/mol. The van der Waals surface area contributed by atoms with E-state index in [1.165, 1.54) is 23.2 Å². The number of thioether (sulfide) groups is 1. The number of hydrogen-bond acceptors (Lipinski definition) is 10. The number of oxime groups is 1. The van der Waals surface area contributed by atoms with Crippen molar-refractivity contribution in [2.24, 2.45) is 5.16 Å². The lowest BCUT2D eigenvalue weighted by Gasteiger charge is -2.49. The van der Waals surface area contributed by atoms with Crippen LogP contribution in [0.2, 0.25) is 0 Å². The van der Waals surface area contributed by atoms with E-state index in [2.05, 4.69) is 26.9 Å². The molecule has 30 heavy (non-hydrogen) atoms. The van der Waals surface area contributed by atoms with Gasteiger partial charge >= 0.3 is 11.9 Å². The first kappa shape index (κ1) is 21.3. The van der Waals surface area contributed by atoms with Crippen molar-refractivity contribution in [3.05, 3.63) is 35.0 Å². The van der Waals surface area contributed by atoms with E-state index in [0.717, 1.165) is 16.2 Å². The third-order valence-electron chi connectivity index (χ3n) is 4.06. The highest BCUT2D eigenvalue weighted by Gasteiger charge is 2.54. The van der Waals surface area contributed by atoms with E-state index in [1.54, 1.807) is 0 Å². The second-order valence-corrected chi connectivity index (χ2v) is 7.92. The van der Waals surface area contributed by atoms with Gasteiger partial charge in [-0.15, -0.1) is 23.1 Å². The minimum absolute atomic E-state index is 0.0420. The third kappa shape index (κ3) is 3.99. The number of amides is 2. The van der Waals surface area contributed by atoms with Crippen LogP contribution in [0.1, 0.15) is 5.69 Å². The summed E-state index contributed by atoms with van der Waals surface area (Å²) < 4.78 is 0. The Morgan fingerprint density at radius 1 is 1.47 bits per heavy atom. The van der Waals surface area contributed by atoms with Crippen LogP contribution >= 0.6 is 23.1 Å². The Morgan fingerprint density at radius 2 is 2.20 bits per heavy atom. The number of nitrogens with one attached hydrogen (secondary N) is 1. The van der Waals surface area contributed by atoms with Gasteiger partial charge in [0, 0.05) is 11.1 Å². The molecule has 0 spiro atoms. The van der Waals surface area contributed by atoms with Crippen molar-refractivity contribution in [3.8, 4) is 0 Å². The van der Waals surface area contributed by atoms with E-state index in [-0.39, 0.29) is 22.2 Å². The van der Waals surface area contributed by atoms with E-state index in [9.17, 15) is 24.3 Å². The number of aliphatic carboxylic acids is 2. The van der Waals surface area contributed by atoms with Gasteiger partial charge < -0.3 is 26.1 Å². The SMILES string of the molecule is C=CC1=C(C(=O)O)N2C(=O)[C@@H](NC(=O)/C(=N/OCC(=O)O)c3cs[13c]([15NH2])[15n]3)[C@H]2SC1. The molecule has 12 nitrogen and oxygen atoms in total. The van der Waals surface area contributed by atoms with Crippen molar-refractivity contribution in [1.29, 1.82) is 0 Å². The average Bonchev–Trinajstić information content (AvgIpc) is 3.13. The van der Waals surface area contributed by atoms with E-state index in [4.69, 9.17) is 10.8 Å². The molecule has 0 unspecified atom stereocenters. The number of nitrogens with zero attached hydrogens (tertiary/aromatic N) is 3. The first-order valence-electron chi connectivity index (χ1n) is 8.22. The van der Waals surface area contributed by atoms with Crippen LogP contribution in [0.5, 0.6) is 0 Å². The summed E-state index contributed by atoms with van der Waals surface area (Å²) in [5.74, 6) is -3.72. The maximum Gasteiger partial charge on any atom is 0.352 e. The number of carboxylic acids is 2. The molecule has 0 saturated carbocycles. The van der Waals surface area contributed by atoms with Gasteiger partial charge in [-0.1, -0.05) is 17.8 Å². The van der Waals surface area contributed by atoms with Crippen LogP contribution in [0.4, 0.5) is 5.13 Å². The molecule has 2 atom stereocenters.